The summed E-state index contributed by atoms with van der Waals surface area (Å²) in [4.78, 5) is 20.7. The molecule has 1 atom stereocenters. The van der Waals surface area contributed by atoms with Gasteiger partial charge in [0, 0.05) is 10.6 Å². The summed E-state index contributed by atoms with van der Waals surface area (Å²) in [5, 5.41) is 3.94. The molecule has 1 aliphatic heterocycles. The molecule has 1 aromatic heterocycles. The van der Waals surface area contributed by atoms with Crippen molar-refractivity contribution in [2.75, 3.05) is 5.32 Å². The zero-order valence-corrected chi connectivity index (χ0v) is 12.7. The van der Waals surface area contributed by atoms with Crippen LogP contribution in [0.5, 0.6) is 0 Å². The standard InChI is InChI=1S/C16H12ClN5O/c17-11-7-3-1-5-9(11)13-19-15(18)21-16-20-14(23)10-6-2-4-8-12(10)22(13)16/h1-8,13H,(H3,18,19,20,21,23). The van der Waals surface area contributed by atoms with E-state index in [9.17, 15) is 4.79 Å². The van der Waals surface area contributed by atoms with Crippen LogP contribution >= 0.6 is 11.6 Å². The molecule has 1 unspecified atom stereocenters. The van der Waals surface area contributed by atoms with Gasteiger partial charge in [-0.15, -0.1) is 0 Å². The third-order valence-electron chi connectivity index (χ3n) is 3.76. The molecule has 0 amide bonds. The molecule has 2 aromatic carbocycles. The lowest BCUT2D eigenvalue weighted by Gasteiger charge is -2.27. The molecule has 0 bridgehead atoms. The fourth-order valence-electron chi connectivity index (χ4n) is 2.75. The number of nitrogens with zero attached hydrogens (tertiary/aromatic N) is 3. The summed E-state index contributed by atoms with van der Waals surface area (Å²) in [6.45, 7) is 0. The van der Waals surface area contributed by atoms with E-state index in [4.69, 9.17) is 17.3 Å². The molecule has 0 aliphatic carbocycles. The minimum atomic E-state index is -0.488. The van der Waals surface area contributed by atoms with Gasteiger partial charge < -0.3 is 5.73 Å². The van der Waals surface area contributed by atoms with E-state index in [2.05, 4.69) is 15.3 Å². The minimum absolute atomic E-state index is 0.192. The molecule has 23 heavy (non-hydrogen) atoms. The number of nitrogens with one attached hydrogen (secondary N) is 1. The Labute approximate surface area is 136 Å². The molecule has 4 rings (SSSR count). The van der Waals surface area contributed by atoms with Crippen molar-refractivity contribution in [2.45, 2.75) is 6.17 Å². The Balaban J connectivity index is 2.08. The molecule has 3 N–H and O–H groups in total. The summed E-state index contributed by atoms with van der Waals surface area (Å²) in [6, 6.07) is 14.7. The Kier molecular flexibility index (Phi) is 3.06. The fourth-order valence-corrected chi connectivity index (χ4v) is 2.99. The average molecular weight is 326 g/mol. The second kappa shape index (κ2) is 5.10. The summed E-state index contributed by atoms with van der Waals surface area (Å²) in [5.41, 5.74) is 7.06. The van der Waals surface area contributed by atoms with E-state index in [1.54, 1.807) is 18.2 Å². The summed E-state index contributed by atoms with van der Waals surface area (Å²) in [7, 11) is 0. The maximum atomic E-state index is 12.2. The van der Waals surface area contributed by atoms with Crippen LogP contribution in [-0.4, -0.2) is 15.5 Å². The number of rotatable bonds is 1. The number of aromatic nitrogens is 2. The predicted octanol–water partition coefficient (Wildman–Crippen LogP) is 2.34. The lowest BCUT2D eigenvalue weighted by atomic mass is 10.1. The number of guanidine groups is 1. The van der Waals surface area contributed by atoms with Crippen LogP contribution in [0, 0.1) is 0 Å². The molecule has 1 aliphatic rings. The van der Waals surface area contributed by atoms with E-state index in [0.29, 0.717) is 16.4 Å². The van der Waals surface area contributed by atoms with Crippen molar-refractivity contribution >= 4 is 34.4 Å². The first-order valence-electron chi connectivity index (χ1n) is 7.01. The lowest BCUT2D eigenvalue weighted by Crippen LogP contribution is -2.34. The molecule has 6 nitrogen and oxygen atoms in total. The van der Waals surface area contributed by atoms with Crippen LogP contribution in [0.3, 0.4) is 0 Å². The van der Waals surface area contributed by atoms with Crippen LogP contribution in [0.15, 0.2) is 58.3 Å². The van der Waals surface area contributed by atoms with Crippen molar-refractivity contribution in [1.82, 2.24) is 9.55 Å². The highest BCUT2D eigenvalue weighted by atomic mass is 35.5. The number of hydrogen-bond acceptors (Lipinski definition) is 5. The van der Waals surface area contributed by atoms with Gasteiger partial charge in [0.15, 0.2) is 12.1 Å². The van der Waals surface area contributed by atoms with Crippen LogP contribution < -0.4 is 16.6 Å². The van der Waals surface area contributed by atoms with Crippen LogP contribution in [0.25, 0.3) is 10.9 Å². The average Bonchev–Trinajstić information content (AvgIpc) is 2.54. The van der Waals surface area contributed by atoms with Crippen LogP contribution in [-0.2, 0) is 0 Å². The molecule has 0 saturated heterocycles. The summed E-state index contributed by atoms with van der Waals surface area (Å²) < 4.78 is 1.83. The number of hydrogen-bond donors (Lipinski definition) is 2. The van der Waals surface area contributed by atoms with E-state index >= 15 is 0 Å². The fraction of sp³-hybridized carbons (Fsp3) is 0.0625. The van der Waals surface area contributed by atoms with Gasteiger partial charge in [0.25, 0.3) is 5.56 Å². The molecule has 7 heteroatoms. The molecule has 0 saturated carbocycles. The number of benzene rings is 2. The number of para-hydroxylation sites is 1. The van der Waals surface area contributed by atoms with E-state index in [-0.39, 0.29) is 11.5 Å². The van der Waals surface area contributed by atoms with Gasteiger partial charge in [-0.25, -0.2) is 4.99 Å². The first kappa shape index (κ1) is 13.8. The highest BCUT2D eigenvalue weighted by molar-refractivity contribution is 6.31. The number of aliphatic imine (C=N–C) groups is 1. The van der Waals surface area contributed by atoms with E-state index < -0.39 is 6.17 Å². The van der Waals surface area contributed by atoms with Crippen molar-refractivity contribution < 1.29 is 0 Å². The van der Waals surface area contributed by atoms with Crippen molar-refractivity contribution in [3.05, 3.63) is 69.5 Å². The Hall–Kier alpha value is -2.86. The molecule has 2 heterocycles. The smallest absolute Gasteiger partial charge is 0.282 e. The number of halogens is 1. The van der Waals surface area contributed by atoms with Gasteiger partial charge in [0.2, 0.25) is 5.95 Å². The van der Waals surface area contributed by atoms with Crippen LogP contribution in [0.2, 0.25) is 5.02 Å². The van der Waals surface area contributed by atoms with Crippen LogP contribution in [0.1, 0.15) is 11.7 Å². The van der Waals surface area contributed by atoms with Gasteiger partial charge >= 0.3 is 0 Å². The number of fused-ring (bicyclic) bond motifs is 3. The molecule has 114 valence electrons. The van der Waals surface area contributed by atoms with Gasteiger partial charge in [-0.05, 0) is 18.2 Å². The van der Waals surface area contributed by atoms with Crippen molar-refractivity contribution in [3.8, 4) is 0 Å². The first-order chi connectivity index (χ1) is 11.1. The predicted molar refractivity (Wildman–Crippen MR) is 90.8 cm³/mol. The van der Waals surface area contributed by atoms with Crippen molar-refractivity contribution in [2.24, 2.45) is 10.7 Å². The Morgan fingerprint density at radius 1 is 1.13 bits per heavy atom. The highest BCUT2D eigenvalue weighted by Crippen LogP contribution is 2.33. The summed E-state index contributed by atoms with van der Waals surface area (Å²) in [6.07, 6.45) is -0.488. The first-order valence-corrected chi connectivity index (χ1v) is 7.39. The maximum Gasteiger partial charge on any atom is 0.282 e. The van der Waals surface area contributed by atoms with Gasteiger partial charge in [-0.3, -0.25) is 14.7 Å². The zero-order chi connectivity index (χ0) is 16.0. The molecule has 0 fully saturated rings. The molecular formula is C16H12ClN5O. The van der Waals surface area contributed by atoms with Crippen LogP contribution in [0.4, 0.5) is 5.95 Å². The molecular weight excluding hydrogens is 314 g/mol. The highest BCUT2D eigenvalue weighted by Gasteiger charge is 2.25. The summed E-state index contributed by atoms with van der Waals surface area (Å²) in [5.74, 6) is 0.545. The maximum absolute atomic E-state index is 12.2. The van der Waals surface area contributed by atoms with E-state index in [1.165, 1.54) is 0 Å². The SMILES string of the molecule is NC1=NC(c2ccccc2Cl)n2c(nc(=O)c3ccccc32)N1. The third kappa shape index (κ3) is 2.15. The molecule has 0 spiro atoms. The number of nitrogens with two attached hydrogens (primary N) is 1. The minimum Gasteiger partial charge on any atom is -0.370 e. The van der Waals surface area contributed by atoms with E-state index in [0.717, 1.165) is 11.1 Å². The lowest BCUT2D eigenvalue weighted by molar-refractivity contribution is 0.616. The third-order valence-corrected chi connectivity index (χ3v) is 4.10. The van der Waals surface area contributed by atoms with Gasteiger partial charge in [0.05, 0.1) is 10.9 Å². The normalized spacial score (nSPS) is 16.6. The summed E-state index contributed by atoms with van der Waals surface area (Å²) >= 11 is 6.33. The Bertz CT molecular complexity index is 1010. The van der Waals surface area contributed by atoms with Gasteiger partial charge in [-0.2, -0.15) is 4.98 Å². The second-order valence-electron chi connectivity index (χ2n) is 5.16. The zero-order valence-electron chi connectivity index (χ0n) is 11.9. The van der Waals surface area contributed by atoms with Gasteiger partial charge in [-0.1, -0.05) is 41.9 Å². The second-order valence-corrected chi connectivity index (χ2v) is 5.57. The van der Waals surface area contributed by atoms with Crippen molar-refractivity contribution in [3.63, 3.8) is 0 Å². The van der Waals surface area contributed by atoms with E-state index in [1.807, 2.05) is 34.9 Å². The number of anilines is 1. The molecule has 3 aromatic rings. The van der Waals surface area contributed by atoms with Gasteiger partial charge in [0.1, 0.15) is 0 Å². The van der Waals surface area contributed by atoms with Crippen molar-refractivity contribution in [1.29, 1.82) is 0 Å². The quantitative estimate of drug-likeness (QED) is 0.719. The molecule has 0 radical (unpaired) electrons. The topological polar surface area (TPSA) is 85.3 Å². The Morgan fingerprint density at radius 2 is 1.87 bits per heavy atom. The largest absolute Gasteiger partial charge is 0.370 e. The monoisotopic (exact) mass is 325 g/mol. The Morgan fingerprint density at radius 3 is 2.70 bits per heavy atom.